The fraction of sp³-hybridized carbons (Fsp3) is 0.278. The highest BCUT2D eigenvalue weighted by Crippen LogP contribution is 2.18. The number of aromatic amines is 1. The Labute approximate surface area is 140 Å². The van der Waals surface area contributed by atoms with Crippen molar-refractivity contribution in [2.75, 3.05) is 11.9 Å². The fourth-order valence-corrected chi connectivity index (χ4v) is 2.08. The normalized spacial score (nSPS) is 10.2. The maximum Gasteiger partial charge on any atom is 0.340 e. The molecular weight excluding hydrogens is 308 g/mol. The Morgan fingerprint density at radius 3 is 2.62 bits per heavy atom. The molecular formula is C18H20N2O4. The van der Waals surface area contributed by atoms with E-state index in [2.05, 4.69) is 10.3 Å². The van der Waals surface area contributed by atoms with Crippen molar-refractivity contribution >= 4 is 23.3 Å². The number of rotatable bonds is 7. The molecule has 1 heterocycles. The van der Waals surface area contributed by atoms with Gasteiger partial charge >= 0.3 is 5.97 Å². The number of carbonyl (C=O) groups excluding carboxylic acids is 3. The van der Waals surface area contributed by atoms with Crippen LogP contribution in [0.3, 0.4) is 0 Å². The van der Waals surface area contributed by atoms with Crippen LogP contribution in [0.2, 0.25) is 0 Å². The van der Waals surface area contributed by atoms with Gasteiger partial charge in [0.15, 0.2) is 5.78 Å². The second-order valence-electron chi connectivity index (χ2n) is 5.35. The van der Waals surface area contributed by atoms with Gasteiger partial charge in [-0.2, -0.15) is 0 Å². The van der Waals surface area contributed by atoms with Crippen LogP contribution in [0.1, 0.15) is 57.9 Å². The predicted molar refractivity (Wildman–Crippen MR) is 90.4 cm³/mol. The molecule has 0 fully saturated rings. The van der Waals surface area contributed by atoms with Gasteiger partial charge in [0.05, 0.1) is 17.9 Å². The van der Waals surface area contributed by atoms with E-state index in [-0.39, 0.29) is 11.5 Å². The molecule has 1 amide bonds. The van der Waals surface area contributed by atoms with E-state index in [1.165, 1.54) is 19.2 Å². The van der Waals surface area contributed by atoms with Crippen LogP contribution in [0.25, 0.3) is 0 Å². The minimum atomic E-state index is -0.477. The van der Waals surface area contributed by atoms with Gasteiger partial charge in [0.1, 0.15) is 5.69 Å². The maximum atomic E-state index is 12.3. The van der Waals surface area contributed by atoms with Crippen LogP contribution in [0.15, 0.2) is 36.5 Å². The van der Waals surface area contributed by atoms with Crippen molar-refractivity contribution in [2.24, 2.45) is 0 Å². The summed E-state index contributed by atoms with van der Waals surface area (Å²) in [7, 11) is 0. The number of esters is 1. The number of Topliss-reactive ketones (excluding diaryl/α,β-unsaturated/α-hetero) is 1. The Kier molecular flexibility index (Phi) is 5.89. The molecule has 6 nitrogen and oxygen atoms in total. The molecule has 6 heteroatoms. The zero-order chi connectivity index (χ0) is 17.5. The minimum Gasteiger partial charge on any atom is -0.462 e. The lowest BCUT2D eigenvalue weighted by Gasteiger charge is -2.10. The van der Waals surface area contributed by atoms with E-state index in [0.717, 1.165) is 12.8 Å². The first-order chi connectivity index (χ1) is 11.5. The summed E-state index contributed by atoms with van der Waals surface area (Å²) < 4.78 is 5.19. The van der Waals surface area contributed by atoms with Gasteiger partial charge in [-0.15, -0.1) is 0 Å². The Balaban J connectivity index is 2.12. The van der Waals surface area contributed by atoms with E-state index in [1.54, 1.807) is 24.3 Å². The number of unbranched alkanes of at least 4 members (excludes halogenated alkanes) is 1. The Morgan fingerprint density at radius 1 is 1.21 bits per heavy atom. The smallest absolute Gasteiger partial charge is 0.340 e. The summed E-state index contributed by atoms with van der Waals surface area (Å²) in [4.78, 5) is 38.4. The predicted octanol–water partition coefficient (Wildman–Crippen LogP) is 3.43. The number of anilines is 1. The molecule has 2 N–H and O–H groups in total. The van der Waals surface area contributed by atoms with E-state index in [0.29, 0.717) is 23.4 Å². The molecule has 0 atom stereocenters. The summed E-state index contributed by atoms with van der Waals surface area (Å²) in [6, 6.07) is 8.12. The summed E-state index contributed by atoms with van der Waals surface area (Å²) in [5, 5.41) is 2.67. The summed E-state index contributed by atoms with van der Waals surface area (Å²) in [5.74, 6) is -1.04. The molecule has 0 aliphatic heterocycles. The summed E-state index contributed by atoms with van der Waals surface area (Å²) >= 11 is 0. The molecule has 0 saturated heterocycles. The van der Waals surface area contributed by atoms with E-state index in [1.807, 2.05) is 6.92 Å². The average molecular weight is 328 g/mol. The molecule has 0 bridgehead atoms. The van der Waals surface area contributed by atoms with Crippen molar-refractivity contribution in [3.05, 3.63) is 53.3 Å². The second kappa shape index (κ2) is 8.10. The van der Waals surface area contributed by atoms with Crippen molar-refractivity contribution in [3.63, 3.8) is 0 Å². The van der Waals surface area contributed by atoms with Crippen molar-refractivity contribution in [1.82, 2.24) is 4.98 Å². The first kappa shape index (κ1) is 17.5. The van der Waals surface area contributed by atoms with Crippen molar-refractivity contribution in [3.8, 4) is 0 Å². The van der Waals surface area contributed by atoms with Crippen molar-refractivity contribution in [2.45, 2.75) is 26.7 Å². The van der Waals surface area contributed by atoms with E-state index in [4.69, 9.17) is 4.74 Å². The number of hydrogen-bond donors (Lipinski definition) is 2. The van der Waals surface area contributed by atoms with Gasteiger partial charge in [0.2, 0.25) is 0 Å². The Morgan fingerprint density at radius 2 is 1.96 bits per heavy atom. The topological polar surface area (TPSA) is 88.3 Å². The molecule has 0 radical (unpaired) electrons. The van der Waals surface area contributed by atoms with Gasteiger partial charge in [0, 0.05) is 11.8 Å². The minimum absolute atomic E-state index is 0.134. The number of amides is 1. The SMILES string of the molecule is CCCCOC(=O)c1ccccc1NC(=O)c1cc(C(C)=O)c[nH]1. The van der Waals surface area contributed by atoms with Crippen molar-refractivity contribution in [1.29, 1.82) is 0 Å². The van der Waals surface area contributed by atoms with Crippen LogP contribution >= 0.6 is 0 Å². The first-order valence-corrected chi connectivity index (χ1v) is 7.79. The van der Waals surface area contributed by atoms with Gasteiger partial charge in [-0.3, -0.25) is 9.59 Å². The van der Waals surface area contributed by atoms with Crippen LogP contribution in [-0.4, -0.2) is 29.3 Å². The molecule has 0 aliphatic carbocycles. The molecule has 0 unspecified atom stereocenters. The third-order valence-electron chi connectivity index (χ3n) is 3.46. The molecule has 2 aromatic rings. The molecule has 2 rings (SSSR count). The van der Waals surface area contributed by atoms with Crippen LogP contribution in [-0.2, 0) is 4.74 Å². The van der Waals surface area contributed by atoms with Crippen LogP contribution in [0.4, 0.5) is 5.69 Å². The highest BCUT2D eigenvalue weighted by atomic mass is 16.5. The zero-order valence-corrected chi connectivity index (χ0v) is 13.7. The van der Waals surface area contributed by atoms with Gasteiger partial charge < -0.3 is 15.0 Å². The number of aromatic nitrogens is 1. The molecule has 0 saturated carbocycles. The number of H-pyrrole nitrogens is 1. The van der Waals surface area contributed by atoms with Crippen LogP contribution < -0.4 is 5.32 Å². The van der Waals surface area contributed by atoms with Gasteiger partial charge in [-0.05, 0) is 31.5 Å². The lowest BCUT2D eigenvalue weighted by atomic mass is 10.1. The number of ether oxygens (including phenoxy) is 1. The molecule has 0 aliphatic rings. The van der Waals surface area contributed by atoms with E-state index < -0.39 is 11.9 Å². The van der Waals surface area contributed by atoms with Gasteiger partial charge in [-0.25, -0.2) is 4.79 Å². The number of para-hydroxylation sites is 1. The maximum absolute atomic E-state index is 12.3. The van der Waals surface area contributed by atoms with Gasteiger partial charge in [0.25, 0.3) is 5.91 Å². The van der Waals surface area contributed by atoms with Crippen LogP contribution in [0, 0.1) is 0 Å². The standard InChI is InChI=1S/C18H20N2O4/c1-3-4-9-24-18(23)14-7-5-6-8-15(14)20-17(22)16-10-13(11-19-16)12(2)21/h5-8,10-11,19H,3-4,9H2,1-2H3,(H,20,22). The third-order valence-corrected chi connectivity index (χ3v) is 3.46. The number of benzene rings is 1. The highest BCUT2D eigenvalue weighted by Gasteiger charge is 2.16. The lowest BCUT2D eigenvalue weighted by Crippen LogP contribution is -2.16. The Hall–Kier alpha value is -2.89. The van der Waals surface area contributed by atoms with Crippen LogP contribution in [0.5, 0.6) is 0 Å². The highest BCUT2D eigenvalue weighted by molar-refractivity contribution is 6.08. The molecule has 24 heavy (non-hydrogen) atoms. The number of ketones is 1. The molecule has 1 aromatic carbocycles. The lowest BCUT2D eigenvalue weighted by molar-refractivity contribution is 0.0501. The summed E-state index contributed by atoms with van der Waals surface area (Å²) in [5.41, 5.74) is 1.32. The summed E-state index contributed by atoms with van der Waals surface area (Å²) in [6.45, 7) is 3.77. The van der Waals surface area contributed by atoms with Gasteiger partial charge in [-0.1, -0.05) is 25.5 Å². The second-order valence-corrected chi connectivity index (χ2v) is 5.35. The fourth-order valence-electron chi connectivity index (χ4n) is 2.08. The van der Waals surface area contributed by atoms with E-state index in [9.17, 15) is 14.4 Å². The number of carbonyl (C=O) groups is 3. The monoisotopic (exact) mass is 328 g/mol. The zero-order valence-electron chi connectivity index (χ0n) is 13.7. The molecule has 0 spiro atoms. The summed E-state index contributed by atoms with van der Waals surface area (Å²) in [6.07, 6.45) is 3.19. The largest absolute Gasteiger partial charge is 0.462 e. The molecule has 126 valence electrons. The number of nitrogens with one attached hydrogen (secondary N) is 2. The Bertz CT molecular complexity index is 749. The average Bonchev–Trinajstić information content (AvgIpc) is 3.06. The third kappa shape index (κ3) is 4.32. The first-order valence-electron chi connectivity index (χ1n) is 7.79. The van der Waals surface area contributed by atoms with Crippen molar-refractivity contribution < 1.29 is 19.1 Å². The quantitative estimate of drug-likeness (QED) is 0.463. The number of hydrogen-bond acceptors (Lipinski definition) is 4. The molecule has 1 aromatic heterocycles. The van der Waals surface area contributed by atoms with E-state index >= 15 is 0 Å².